The van der Waals surface area contributed by atoms with Gasteiger partial charge in [0.25, 0.3) is 5.91 Å². The summed E-state index contributed by atoms with van der Waals surface area (Å²) in [6, 6.07) is 9.27. The number of aliphatic hydroxyl groups is 1. The Kier molecular flexibility index (Phi) is 9.51. The van der Waals surface area contributed by atoms with Crippen LogP contribution in [-0.2, 0) is 6.18 Å². The third-order valence-corrected chi connectivity index (χ3v) is 5.35. The maximum atomic E-state index is 12.8. The molecule has 1 amide bonds. The summed E-state index contributed by atoms with van der Waals surface area (Å²) in [6.45, 7) is 4.11. The molecule has 0 saturated heterocycles. The largest absolute Gasteiger partial charge is 0.497 e. The van der Waals surface area contributed by atoms with Crippen molar-refractivity contribution in [2.75, 3.05) is 30.9 Å². The molecule has 178 valence electrons. The predicted octanol–water partition coefficient (Wildman–Crippen LogP) is 6.17. The van der Waals surface area contributed by atoms with E-state index in [-0.39, 0.29) is 23.9 Å². The van der Waals surface area contributed by atoms with Gasteiger partial charge in [0.2, 0.25) is 0 Å². The standard InChI is InChI=1S/C20H17ClF3N3O3S.C2H6/c1-30-12-3-5-14(16(9-12)25-6-7-28)18(29)26-11-2-4-13(15(21)8-11)17-10-31-19(27-17)20(22,23)24;1-2/h2-5,8-10,25,28H,6-7H2,1H3,(H,26,29);1-2H3. The number of thiazole rings is 1. The van der Waals surface area contributed by atoms with Gasteiger partial charge < -0.3 is 20.5 Å². The van der Waals surface area contributed by atoms with Crippen LogP contribution in [0.1, 0.15) is 29.2 Å². The van der Waals surface area contributed by atoms with Crippen molar-refractivity contribution in [3.8, 4) is 17.0 Å². The van der Waals surface area contributed by atoms with Crippen LogP contribution < -0.4 is 15.4 Å². The number of aromatic nitrogens is 1. The second-order valence-electron chi connectivity index (χ2n) is 6.25. The van der Waals surface area contributed by atoms with Crippen LogP contribution in [0.4, 0.5) is 24.5 Å². The van der Waals surface area contributed by atoms with Gasteiger partial charge in [-0.2, -0.15) is 13.2 Å². The molecule has 1 aromatic heterocycles. The van der Waals surface area contributed by atoms with Crippen molar-refractivity contribution in [3.05, 3.63) is 57.4 Å². The summed E-state index contributed by atoms with van der Waals surface area (Å²) >= 11 is 6.72. The minimum absolute atomic E-state index is 0.103. The summed E-state index contributed by atoms with van der Waals surface area (Å²) in [7, 11) is 1.49. The highest BCUT2D eigenvalue weighted by atomic mass is 35.5. The van der Waals surface area contributed by atoms with Gasteiger partial charge in [-0.25, -0.2) is 4.98 Å². The number of carbonyl (C=O) groups excluding carboxylic acids is 1. The molecule has 11 heteroatoms. The Hall–Kier alpha value is -2.82. The summed E-state index contributed by atoms with van der Waals surface area (Å²) in [5.74, 6) is 0.0887. The molecule has 3 aromatic rings. The van der Waals surface area contributed by atoms with Crippen molar-refractivity contribution in [2.24, 2.45) is 0 Å². The number of amides is 1. The van der Waals surface area contributed by atoms with Crippen LogP contribution in [0.15, 0.2) is 41.8 Å². The number of carbonyl (C=O) groups is 1. The van der Waals surface area contributed by atoms with Gasteiger partial charge in [0.05, 0.1) is 35.7 Å². The Morgan fingerprint density at radius 2 is 1.94 bits per heavy atom. The molecular weight excluding hydrogens is 479 g/mol. The number of benzene rings is 2. The lowest BCUT2D eigenvalue weighted by Gasteiger charge is -2.14. The predicted molar refractivity (Wildman–Crippen MR) is 125 cm³/mol. The van der Waals surface area contributed by atoms with Crippen LogP contribution in [0, 0.1) is 0 Å². The second kappa shape index (κ2) is 11.9. The first-order chi connectivity index (χ1) is 15.7. The van der Waals surface area contributed by atoms with Gasteiger partial charge in [-0.1, -0.05) is 25.4 Å². The lowest BCUT2D eigenvalue weighted by atomic mass is 10.1. The normalized spacial score (nSPS) is 10.8. The van der Waals surface area contributed by atoms with E-state index in [1.807, 2.05) is 13.8 Å². The van der Waals surface area contributed by atoms with Gasteiger partial charge in [0, 0.05) is 29.2 Å². The molecule has 0 atom stereocenters. The molecule has 6 nitrogen and oxygen atoms in total. The summed E-state index contributed by atoms with van der Waals surface area (Å²) in [4.78, 5) is 16.3. The third kappa shape index (κ3) is 6.83. The number of hydrogen-bond donors (Lipinski definition) is 3. The SMILES string of the molecule is CC.COc1ccc(C(=O)Nc2ccc(-c3csc(C(F)(F)F)n3)c(Cl)c2)c(NCCO)c1. The lowest BCUT2D eigenvalue weighted by Crippen LogP contribution is -2.16. The Bertz CT molecular complexity index is 1090. The van der Waals surface area contributed by atoms with Crippen LogP contribution in [0.5, 0.6) is 5.75 Å². The first kappa shape index (κ1) is 26.4. The molecule has 0 saturated carbocycles. The molecule has 0 radical (unpaired) electrons. The maximum Gasteiger partial charge on any atom is 0.443 e. The molecule has 0 spiro atoms. The molecule has 33 heavy (non-hydrogen) atoms. The quantitative estimate of drug-likeness (QED) is 0.360. The molecule has 0 fully saturated rings. The number of ether oxygens (including phenoxy) is 1. The molecule has 3 rings (SSSR count). The summed E-state index contributed by atoms with van der Waals surface area (Å²) < 4.78 is 43.5. The summed E-state index contributed by atoms with van der Waals surface area (Å²) in [5, 5.41) is 15.1. The molecule has 1 heterocycles. The zero-order chi connectivity index (χ0) is 24.6. The Morgan fingerprint density at radius 3 is 2.52 bits per heavy atom. The third-order valence-electron chi connectivity index (χ3n) is 4.15. The van der Waals surface area contributed by atoms with E-state index in [4.69, 9.17) is 21.4 Å². The van der Waals surface area contributed by atoms with Crippen molar-refractivity contribution < 1.29 is 27.8 Å². The lowest BCUT2D eigenvalue weighted by molar-refractivity contribution is -0.137. The van der Waals surface area contributed by atoms with Crippen molar-refractivity contribution >= 4 is 40.2 Å². The zero-order valence-electron chi connectivity index (χ0n) is 18.1. The van der Waals surface area contributed by atoms with Gasteiger partial charge in [0.1, 0.15) is 5.75 Å². The van der Waals surface area contributed by atoms with E-state index in [0.29, 0.717) is 39.6 Å². The van der Waals surface area contributed by atoms with Crippen molar-refractivity contribution in [1.29, 1.82) is 0 Å². The molecule has 0 bridgehead atoms. The second-order valence-corrected chi connectivity index (χ2v) is 7.51. The molecule has 0 aliphatic heterocycles. The average molecular weight is 502 g/mol. The number of rotatable bonds is 7. The minimum atomic E-state index is -4.52. The molecule has 2 aromatic carbocycles. The highest BCUT2D eigenvalue weighted by Crippen LogP contribution is 2.37. The summed E-state index contributed by atoms with van der Waals surface area (Å²) in [5.41, 5.74) is 1.56. The van der Waals surface area contributed by atoms with Crippen LogP contribution >= 0.6 is 22.9 Å². The minimum Gasteiger partial charge on any atom is -0.497 e. The van der Waals surface area contributed by atoms with Gasteiger partial charge >= 0.3 is 6.18 Å². The fourth-order valence-electron chi connectivity index (χ4n) is 2.71. The van der Waals surface area contributed by atoms with E-state index in [2.05, 4.69) is 15.6 Å². The van der Waals surface area contributed by atoms with E-state index in [1.165, 1.54) is 30.7 Å². The van der Waals surface area contributed by atoms with E-state index < -0.39 is 17.1 Å². The van der Waals surface area contributed by atoms with Gasteiger partial charge in [-0.15, -0.1) is 11.3 Å². The van der Waals surface area contributed by atoms with Crippen LogP contribution in [0.3, 0.4) is 0 Å². The van der Waals surface area contributed by atoms with Gasteiger partial charge in [-0.05, 0) is 30.3 Å². The fraction of sp³-hybridized carbons (Fsp3) is 0.273. The molecular formula is C22H23ClF3N3O3S. The number of alkyl halides is 3. The number of aliphatic hydroxyl groups excluding tert-OH is 1. The number of methoxy groups -OCH3 is 1. The van der Waals surface area contributed by atoms with Crippen LogP contribution in [0.2, 0.25) is 5.02 Å². The fourth-order valence-corrected chi connectivity index (χ4v) is 3.68. The number of anilines is 2. The highest BCUT2D eigenvalue weighted by Gasteiger charge is 2.34. The number of hydrogen-bond acceptors (Lipinski definition) is 6. The molecule has 0 aliphatic carbocycles. The highest BCUT2D eigenvalue weighted by molar-refractivity contribution is 7.10. The van der Waals surface area contributed by atoms with Crippen molar-refractivity contribution in [3.63, 3.8) is 0 Å². The maximum absolute atomic E-state index is 12.8. The zero-order valence-corrected chi connectivity index (χ0v) is 19.7. The van der Waals surface area contributed by atoms with E-state index in [9.17, 15) is 18.0 Å². The Morgan fingerprint density at radius 1 is 1.21 bits per heavy atom. The molecule has 3 N–H and O–H groups in total. The smallest absolute Gasteiger partial charge is 0.443 e. The van der Waals surface area contributed by atoms with Gasteiger partial charge in [0.15, 0.2) is 5.01 Å². The summed E-state index contributed by atoms with van der Waals surface area (Å²) in [6.07, 6.45) is -4.52. The molecule has 0 aliphatic rings. The van der Waals surface area contributed by atoms with Crippen LogP contribution in [-0.4, -0.2) is 36.3 Å². The first-order valence-electron chi connectivity index (χ1n) is 9.89. The topological polar surface area (TPSA) is 83.5 Å². The Labute approximate surface area is 198 Å². The van der Waals surface area contributed by atoms with Crippen molar-refractivity contribution in [1.82, 2.24) is 4.98 Å². The van der Waals surface area contributed by atoms with E-state index in [1.54, 1.807) is 18.2 Å². The number of halogens is 4. The average Bonchev–Trinajstić information content (AvgIpc) is 3.29. The van der Waals surface area contributed by atoms with Crippen LogP contribution in [0.25, 0.3) is 11.3 Å². The monoisotopic (exact) mass is 501 g/mol. The van der Waals surface area contributed by atoms with E-state index >= 15 is 0 Å². The Balaban J connectivity index is 0.00000187. The first-order valence-corrected chi connectivity index (χ1v) is 11.2. The number of nitrogens with one attached hydrogen (secondary N) is 2. The molecule has 0 unspecified atom stereocenters. The number of nitrogens with zero attached hydrogens (tertiary/aromatic N) is 1. The van der Waals surface area contributed by atoms with Gasteiger partial charge in [-0.3, -0.25) is 4.79 Å². The van der Waals surface area contributed by atoms with Crippen molar-refractivity contribution in [2.45, 2.75) is 20.0 Å². The van der Waals surface area contributed by atoms with E-state index in [0.717, 1.165) is 0 Å².